The highest BCUT2D eigenvalue weighted by atomic mass is 35.5. The number of nitrogens with zero attached hydrogens (tertiary/aromatic N) is 2. The predicted octanol–water partition coefficient (Wildman–Crippen LogP) is 2.66. The molecule has 0 aliphatic carbocycles. The summed E-state index contributed by atoms with van der Waals surface area (Å²) < 4.78 is 0. The first-order valence-electron chi connectivity index (χ1n) is 6.16. The van der Waals surface area contributed by atoms with E-state index in [0.717, 1.165) is 5.56 Å². The van der Waals surface area contributed by atoms with Crippen molar-refractivity contribution in [1.29, 1.82) is 0 Å². The largest absolute Gasteiger partial charge is 0.373 e. The summed E-state index contributed by atoms with van der Waals surface area (Å²) in [5.41, 5.74) is 1.32. The monoisotopic (exact) mass is 290 g/mol. The number of anilines is 1. The third kappa shape index (κ3) is 3.24. The number of halogens is 1. The molecule has 0 saturated heterocycles. The summed E-state index contributed by atoms with van der Waals surface area (Å²) in [6, 6.07) is 5.20. The molecule has 0 saturated carbocycles. The van der Waals surface area contributed by atoms with Crippen LogP contribution in [0.1, 0.15) is 28.9 Å². The predicted molar refractivity (Wildman–Crippen MR) is 78.9 cm³/mol. The summed E-state index contributed by atoms with van der Waals surface area (Å²) >= 11 is 6.01. The fraction of sp³-hybridized carbons (Fsp3) is 0.214. The van der Waals surface area contributed by atoms with E-state index in [-0.39, 0.29) is 11.9 Å². The molecule has 0 spiro atoms. The van der Waals surface area contributed by atoms with E-state index in [2.05, 4.69) is 20.6 Å². The summed E-state index contributed by atoms with van der Waals surface area (Å²) in [5, 5.41) is 6.08. The van der Waals surface area contributed by atoms with Crippen LogP contribution in [0.4, 0.5) is 5.82 Å². The normalized spacial score (nSPS) is 11.8. The van der Waals surface area contributed by atoms with Gasteiger partial charge in [-0.15, -0.1) is 0 Å². The summed E-state index contributed by atoms with van der Waals surface area (Å²) in [7, 11) is 1.73. The van der Waals surface area contributed by atoms with E-state index in [1.54, 1.807) is 25.5 Å². The van der Waals surface area contributed by atoms with Gasteiger partial charge in [-0.25, -0.2) is 4.98 Å². The van der Waals surface area contributed by atoms with Crippen LogP contribution in [0, 0.1) is 0 Å². The molecule has 2 aromatic heterocycles. The zero-order chi connectivity index (χ0) is 14.5. The van der Waals surface area contributed by atoms with Crippen LogP contribution in [0.15, 0.2) is 36.8 Å². The molecule has 0 aliphatic rings. The van der Waals surface area contributed by atoms with Gasteiger partial charge < -0.3 is 10.6 Å². The zero-order valence-electron chi connectivity index (χ0n) is 11.2. The second-order valence-electron chi connectivity index (χ2n) is 4.28. The smallest absolute Gasteiger partial charge is 0.253 e. The Bertz CT molecular complexity index is 603. The molecule has 0 bridgehead atoms. The van der Waals surface area contributed by atoms with Gasteiger partial charge in [0.2, 0.25) is 0 Å². The molecule has 2 rings (SSSR count). The van der Waals surface area contributed by atoms with E-state index < -0.39 is 0 Å². The molecule has 2 N–H and O–H groups in total. The third-order valence-corrected chi connectivity index (χ3v) is 3.19. The molecule has 0 aliphatic heterocycles. The Morgan fingerprint density at radius 2 is 2.20 bits per heavy atom. The first-order valence-corrected chi connectivity index (χ1v) is 6.53. The fourth-order valence-corrected chi connectivity index (χ4v) is 1.93. The van der Waals surface area contributed by atoms with Crippen molar-refractivity contribution < 1.29 is 4.79 Å². The van der Waals surface area contributed by atoms with Crippen LogP contribution < -0.4 is 10.6 Å². The molecule has 2 aromatic rings. The highest BCUT2D eigenvalue weighted by Crippen LogP contribution is 2.19. The standard InChI is InChI=1S/C14H15ClN4O/c1-9(10-4-3-5-17-7-10)19-14(20)11-6-13(16-2)18-8-12(11)15/h3-9H,1-2H3,(H,16,18)(H,19,20). The van der Waals surface area contributed by atoms with Crippen molar-refractivity contribution in [2.45, 2.75) is 13.0 Å². The van der Waals surface area contributed by atoms with Crippen molar-refractivity contribution in [1.82, 2.24) is 15.3 Å². The molecule has 2 heterocycles. The summed E-state index contributed by atoms with van der Waals surface area (Å²) in [6.45, 7) is 1.89. The van der Waals surface area contributed by atoms with Crippen molar-refractivity contribution in [3.63, 3.8) is 0 Å². The molecular weight excluding hydrogens is 276 g/mol. The number of carbonyl (C=O) groups excluding carboxylic acids is 1. The molecular formula is C14H15ClN4O. The van der Waals surface area contributed by atoms with Gasteiger partial charge in [-0.1, -0.05) is 17.7 Å². The number of rotatable bonds is 4. The second kappa shape index (κ2) is 6.34. The van der Waals surface area contributed by atoms with Crippen molar-refractivity contribution in [3.05, 3.63) is 52.9 Å². The number of nitrogens with one attached hydrogen (secondary N) is 2. The Morgan fingerprint density at radius 1 is 1.40 bits per heavy atom. The molecule has 0 aromatic carbocycles. The average molecular weight is 291 g/mol. The SMILES string of the molecule is CNc1cc(C(=O)NC(C)c2cccnc2)c(Cl)cn1. The van der Waals surface area contributed by atoms with E-state index in [4.69, 9.17) is 11.6 Å². The van der Waals surface area contributed by atoms with Gasteiger partial charge in [0, 0.05) is 25.6 Å². The molecule has 5 nitrogen and oxygen atoms in total. The van der Waals surface area contributed by atoms with Crippen molar-refractivity contribution in [2.24, 2.45) is 0 Å². The van der Waals surface area contributed by atoms with E-state index in [1.165, 1.54) is 6.20 Å². The maximum atomic E-state index is 12.2. The highest BCUT2D eigenvalue weighted by Gasteiger charge is 2.15. The van der Waals surface area contributed by atoms with Gasteiger partial charge in [0.15, 0.2) is 0 Å². The van der Waals surface area contributed by atoms with Crippen LogP contribution in [0.2, 0.25) is 5.02 Å². The molecule has 1 unspecified atom stereocenters. The van der Waals surface area contributed by atoms with Crippen LogP contribution >= 0.6 is 11.6 Å². The van der Waals surface area contributed by atoms with Gasteiger partial charge >= 0.3 is 0 Å². The summed E-state index contributed by atoms with van der Waals surface area (Å²) in [6.07, 6.45) is 4.87. The van der Waals surface area contributed by atoms with E-state index >= 15 is 0 Å². The lowest BCUT2D eigenvalue weighted by Gasteiger charge is -2.14. The van der Waals surface area contributed by atoms with Crippen LogP contribution in [0.5, 0.6) is 0 Å². The van der Waals surface area contributed by atoms with Gasteiger partial charge in [-0.3, -0.25) is 9.78 Å². The lowest BCUT2D eigenvalue weighted by Crippen LogP contribution is -2.27. The number of hydrogen-bond acceptors (Lipinski definition) is 4. The van der Waals surface area contributed by atoms with Crippen molar-refractivity contribution in [3.8, 4) is 0 Å². The fourth-order valence-electron chi connectivity index (χ4n) is 1.74. The molecule has 0 fully saturated rings. The van der Waals surface area contributed by atoms with E-state index in [9.17, 15) is 4.79 Å². The molecule has 1 amide bonds. The Balaban J connectivity index is 2.16. The first-order chi connectivity index (χ1) is 9.61. The van der Waals surface area contributed by atoms with Crippen LogP contribution in [0.3, 0.4) is 0 Å². The maximum absolute atomic E-state index is 12.2. The molecule has 0 radical (unpaired) electrons. The van der Waals surface area contributed by atoms with E-state index in [0.29, 0.717) is 16.4 Å². The molecule has 104 valence electrons. The minimum Gasteiger partial charge on any atom is -0.373 e. The Labute approximate surface area is 122 Å². The Morgan fingerprint density at radius 3 is 2.85 bits per heavy atom. The minimum atomic E-state index is -0.245. The lowest BCUT2D eigenvalue weighted by atomic mass is 10.1. The van der Waals surface area contributed by atoms with Crippen LogP contribution in [0.25, 0.3) is 0 Å². The number of amides is 1. The maximum Gasteiger partial charge on any atom is 0.253 e. The second-order valence-corrected chi connectivity index (χ2v) is 4.69. The molecule has 1 atom stereocenters. The highest BCUT2D eigenvalue weighted by molar-refractivity contribution is 6.33. The third-order valence-electron chi connectivity index (χ3n) is 2.89. The average Bonchev–Trinajstić information content (AvgIpc) is 2.48. The molecule has 20 heavy (non-hydrogen) atoms. The summed E-state index contributed by atoms with van der Waals surface area (Å²) in [4.78, 5) is 20.3. The lowest BCUT2D eigenvalue weighted by molar-refractivity contribution is 0.0940. The number of pyridine rings is 2. The van der Waals surface area contributed by atoms with Gasteiger partial charge in [0.1, 0.15) is 5.82 Å². The Hall–Kier alpha value is -2.14. The van der Waals surface area contributed by atoms with Crippen molar-refractivity contribution in [2.75, 3.05) is 12.4 Å². The van der Waals surface area contributed by atoms with Crippen molar-refractivity contribution >= 4 is 23.3 Å². The van der Waals surface area contributed by atoms with E-state index in [1.807, 2.05) is 19.1 Å². The van der Waals surface area contributed by atoms with Crippen LogP contribution in [-0.2, 0) is 0 Å². The Kier molecular flexibility index (Phi) is 4.53. The minimum absolute atomic E-state index is 0.154. The quantitative estimate of drug-likeness (QED) is 0.908. The van der Waals surface area contributed by atoms with Crippen LogP contribution in [-0.4, -0.2) is 22.9 Å². The number of aromatic nitrogens is 2. The van der Waals surface area contributed by atoms with Gasteiger partial charge in [-0.05, 0) is 24.6 Å². The topological polar surface area (TPSA) is 66.9 Å². The first kappa shape index (κ1) is 14.3. The van der Waals surface area contributed by atoms with Gasteiger partial charge in [0.05, 0.1) is 16.6 Å². The number of hydrogen-bond donors (Lipinski definition) is 2. The molecule has 6 heteroatoms. The van der Waals surface area contributed by atoms with Gasteiger partial charge in [0.25, 0.3) is 5.91 Å². The van der Waals surface area contributed by atoms with Gasteiger partial charge in [-0.2, -0.15) is 0 Å². The zero-order valence-corrected chi connectivity index (χ0v) is 12.0. The number of carbonyl (C=O) groups is 1. The summed E-state index contributed by atoms with van der Waals surface area (Å²) in [5.74, 6) is 0.346.